The molecule has 0 aliphatic carbocycles. The number of anilines is 1. The Hall–Kier alpha value is -3.42. The van der Waals surface area contributed by atoms with Crippen LogP contribution in [0.1, 0.15) is 34.3 Å². The number of aliphatic carboxylic acids is 1. The van der Waals surface area contributed by atoms with Crippen molar-refractivity contribution in [3.63, 3.8) is 0 Å². The molecule has 1 N–H and O–H groups in total. The molecule has 8 nitrogen and oxygen atoms in total. The largest absolute Gasteiger partial charge is 0.480 e. The van der Waals surface area contributed by atoms with E-state index in [1.165, 1.54) is 11.0 Å². The Morgan fingerprint density at radius 3 is 2.41 bits per heavy atom. The number of nitro benzene ring substituents is 1. The van der Waals surface area contributed by atoms with Crippen LogP contribution in [0.3, 0.4) is 0 Å². The molecular weight excluding hydrogens is 374 g/mol. The lowest BCUT2D eigenvalue weighted by Crippen LogP contribution is -2.48. The van der Waals surface area contributed by atoms with E-state index in [9.17, 15) is 24.8 Å². The molecule has 1 atom stereocenters. The van der Waals surface area contributed by atoms with Gasteiger partial charge >= 0.3 is 5.97 Å². The van der Waals surface area contributed by atoms with Crippen LogP contribution in [0.4, 0.5) is 11.4 Å². The van der Waals surface area contributed by atoms with Gasteiger partial charge in [-0.15, -0.1) is 0 Å². The second kappa shape index (κ2) is 7.54. The SMILES string of the molecule is O=C(O)C1Cc2ccccc2CN1C(=O)c1ccc(N2CCCC2)c([N+](=O)[O-])c1. The molecule has 2 aromatic rings. The van der Waals surface area contributed by atoms with Crippen molar-refractivity contribution in [3.8, 4) is 0 Å². The molecule has 1 unspecified atom stereocenters. The molecule has 8 heteroatoms. The first-order valence-electron chi connectivity index (χ1n) is 9.59. The molecule has 1 amide bonds. The highest BCUT2D eigenvalue weighted by molar-refractivity contribution is 5.98. The number of rotatable bonds is 4. The van der Waals surface area contributed by atoms with Crippen molar-refractivity contribution in [2.75, 3.05) is 18.0 Å². The Balaban J connectivity index is 1.68. The van der Waals surface area contributed by atoms with Crippen molar-refractivity contribution in [1.29, 1.82) is 0 Å². The lowest BCUT2D eigenvalue weighted by Gasteiger charge is -2.34. The summed E-state index contributed by atoms with van der Waals surface area (Å²) >= 11 is 0. The van der Waals surface area contributed by atoms with Crippen molar-refractivity contribution in [2.45, 2.75) is 31.8 Å². The Morgan fingerprint density at radius 2 is 1.76 bits per heavy atom. The molecule has 0 radical (unpaired) electrons. The number of carboxylic acids is 1. The fraction of sp³-hybridized carbons (Fsp3) is 0.333. The molecule has 150 valence electrons. The van der Waals surface area contributed by atoms with E-state index in [0.29, 0.717) is 5.69 Å². The van der Waals surface area contributed by atoms with E-state index in [4.69, 9.17) is 0 Å². The zero-order chi connectivity index (χ0) is 20.5. The van der Waals surface area contributed by atoms with E-state index in [1.807, 2.05) is 29.2 Å². The number of carbonyl (C=O) groups excluding carboxylic acids is 1. The van der Waals surface area contributed by atoms with E-state index in [2.05, 4.69) is 0 Å². The maximum Gasteiger partial charge on any atom is 0.326 e. The van der Waals surface area contributed by atoms with Gasteiger partial charge in [-0.05, 0) is 36.1 Å². The molecule has 0 spiro atoms. The average Bonchev–Trinajstić information content (AvgIpc) is 3.26. The zero-order valence-electron chi connectivity index (χ0n) is 15.8. The third-order valence-electron chi connectivity index (χ3n) is 5.66. The van der Waals surface area contributed by atoms with Gasteiger partial charge in [0.05, 0.1) is 4.92 Å². The van der Waals surface area contributed by atoms with Crippen molar-refractivity contribution >= 4 is 23.3 Å². The molecule has 0 aromatic heterocycles. The van der Waals surface area contributed by atoms with Crippen LogP contribution in [0.5, 0.6) is 0 Å². The van der Waals surface area contributed by atoms with Crippen molar-refractivity contribution in [2.24, 2.45) is 0 Å². The summed E-state index contributed by atoms with van der Waals surface area (Å²) in [5.74, 6) is -1.60. The number of benzene rings is 2. The summed E-state index contributed by atoms with van der Waals surface area (Å²) in [6, 6.07) is 10.8. The quantitative estimate of drug-likeness (QED) is 0.631. The van der Waals surface area contributed by atoms with Crippen LogP contribution in [0.25, 0.3) is 0 Å². The Morgan fingerprint density at radius 1 is 1.07 bits per heavy atom. The van der Waals surface area contributed by atoms with E-state index >= 15 is 0 Å². The summed E-state index contributed by atoms with van der Waals surface area (Å²) in [5, 5.41) is 21.3. The Bertz CT molecular complexity index is 984. The number of nitro groups is 1. The highest BCUT2D eigenvalue weighted by Crippen LogP contribution is 2.33. The lowest BCUT2D eigenvalue weighted by molar-refractivity contribution is -0.384. The second-order valence-electron chi connectivity index (χ2n) is 7.41. The molecule has 29 heavy (non-hydrogen) atoms. The van der Waals surface area contributed by atoms with Crippen molar-refractivity contribution in [1.82, 2.24) is 4.90 Å². The number of hydrogen-bond acceptors (Lipinski definition) is 5. The van der Waals surface area contributed by atoms with Gasteiger partial charge in [-0.25, -0.2) is 4.79 Å². The third-order valence-corrected chi connectivity index (χ3v) is 5.66. The number of amides is 1. The first kappa shape index (κ1) is 18.9. The van der Waals surface area contributed by atoms with Gasteiger partial charge in [0, 0.05) is 37.7 Å². The molecule has 0 saturated carbocycles. The number of carbonyl (C=O) groups is 2. The number of nitrogens with zero attached hydrogens (tertiary/aromatic N) is 3. The molecule has 4 rings (SSSR count). The van der Waals surface area contributed by atoms with Crippen LogP contribution >= 0.6 is 0 Å². The van der Waals surface area contributed by atoms with Crippen LogP contribution < -0.4 is 4.90 Å². The Kier molecular flexibility index (Phi) is 4.92. The summed E-state index contributed by atoms with van der Waals surface area (Å²) in [7, 11) is 0. The zero-order valence-corrected chi connectivity index (χ0v) is 15.8. The van der Waals surface area contributed by atoms with Gasteiger partial charge in [-0.3, -0.25) is 14.9 Å². The minimum absolute atomic E-state index is 0.123. The third kappa shape index (κ3) is 3.53. The highest BCUT2D eigenvalue weighted by Gasteiger charge is 2.35. The normalized spacial score (nSPS) is 18.4. The number of carboxylic acid groups (broad SMARTS) is 1. The topological polar surface area (TPSA) is 104 Å². The van der Waals surface area contributed by atoms with Crippen LogP contribution in [0.15, 0.2) is 42.5 Å². The maximum atomic E-state index is 13.2. The van der Waals surface area contributed by atoms with Gasteiger partial charge in [0.25, 0.3) is 11.6 Å². The van der Waals surface area contributed by atoms with Crippen molar-refractivity contribution < 1.29 is 19.6 Å². The molecule has 2 aromatic carbocycles. The molecule has 2 aliphatic rings. The van der Waals surface area contributed by atoms with Crippen molar-refractivity contribution in [3.05, 3.63) is 69.3 Å². The molecule has 1 fully saturated rings. The minimum atomic E-state index is -1.09. The standard InChI is InChI=1S/C21H21N3O5/c25-20(23-13-16-6-2-1-5-14(16)11-19(23)21(26)27)15-7-8-17(18(12-15)24(28)29)22-9-3-4-10-22/h1-2,5-8,12,19H,3-4,9-11,13H2,(H,26,27). The first-order chi connectivity index (χ1) is 14.0. The summed E-state index contributed by atoms with van der Waals surface area (Å²) in [6.07, 6.45) is 2.17. The van der Waals surface area contributed by atoms with Gasteiger partial charge < -0.3 is 14.9 Å². The van der Waals surface area contributed by atoms with E-state index in [-0.39, 0.29) is 24.2 Å². The van der Waals surface area contributed by atoms with Crippen LogP contribution in [-0.2, 0) is 17.8 Å². The molecule has 2 heterocycles. The summed E-state index contributed by atoms with van der Waals surface area (Å²) in [4.78, 5) is 39.3. The van der Waals surface area contributed by atoms with Crippen LogP contribution in [-0.4, -0.2) is 45.9 Å². The van der Waals surface area contributed by atoms with Crippen LogP contribution in [0.2, 0.25) is 0 Å². The summed E-state index contributed by atoms with van der Waals surface area (Å²) in [6.45, 7) is 1.66. The van der Waals surface area contributed by atoms with Gasteiger partial charge in [-0.1, -0.05) is 24.3 Å². The first-order valence-corrected chi connectivity index (χ1v) is 9.59. The molecule has 0 bridgehead atoms. The maximum absolute atomic E-state index is 13.2. The lowest BCUT2D eigenvalue weighted by atomic mass is 9.93. The van der Waals surface area contributed by atoms with Crippen LogP contribution in [0, 0.1) is 10.1 Å². The predicted molar refractivity (Wildman–Crippen MR) is 106 cm³/mol. The number of fused-ring (bicyclic) bond motifs is 1. The minimum Gasteiger partial charge on any atom is -0.480 e. The van der Waals surface area contributed by atoms with Gasteiger partial charge in [-0.2, -0.15) is 0 Å². The number of hydrogen-bond donors (Lipinski definition) is 1. The van der Waals surface area contributed by atoms with E-state index < -0.39 is 22.8 Å². The monoisotopic (exact) mass is 395 g/mol. The van der Waals surface area contributed by atoms with E-state index in [1.54, 1.807) is 12.1 Å². The molecular formula is C21H21N3O5. The average molecular weight is 395 g/mol. The fourth-order valence-electron chi connectivity index (χ4n) is 4.15. The molecule has 2 aliphatic heterocycles. The van der Waals surface area contributed by atoms with Gasteiger partial charge in [0.15, 0.2) is 0 Å². The van der Waals surface area contributed by atoms with Gasteiger partial charge in [0.2, 0.25) is 0 Å². The Labute approximate surface area is 167 Å². The smallest absolute Gasteiger partial charge is 0.326 e. The molecule has 1 saturated heterocycles. The second-order valence-corrected chi connectivity index (χ2v) is 7.41. The predicted octanol–water partition coefficient (Wildman–Crippen LogP) is 2.85. The van der Waals surface area contributed by atoms with Gasteiger partial charge in [0.1, 0.15) is 11.7 Å². The highest BCUT2D eigenvalue weighted by atomic mass is 16.6. The van der Waals surface area contributed by atoms with E-state index in [0.717, 1.165) is 37.1 Å². The summed E-state index contributed by atoms with van der Waals surface area (Å²) in [5.41, 5.74) is 2.30. The summed E-state index contributed by atoms with van der Waals surface area (Å²) < 4.78 is 0. The fourth-order valence-corrected chi connectivity index (χ4v) is 4.15.